The van der Waals surface area contributed by atoms with E-state index in [-0.39, 0.29) is 11.9 Å². The smallest absolute Gasteiger partial charge is 0.416 e. The quantitative estimate of drug-likeness (QED) is 0.832. The lowest BCUT2D eigenvalue weighted by atomic mass is 9.92. The standard InChI is InChI=1S/C15H17F3O3/c16-15(17,18)11-2-1-3-13(10-11)21-12-4-6-14(7-5-12)19-8-9-20-14/h1-3,10,12H,4-9H2. The molecule has 1 heterocycles. The Bertz CT molecular complexity index is 485. The molecule has 2 aliphatic rings. The number of halogens is 3. The second-order valence-corrected chi connectivity index (χ2v) is 5.45. The first-order valence-electron chi connectivity index (χ1n) is 7.09. The minimum absolute atomic E-state index is 0.0908. The second kappa shape index (κ2) is 5.50. The van der Waals surface area contributed by atoms with Gasteiger partial charge in [0, 0.05) is 12.8 Å². The maximum Gasteiger partial charge on any atom is 0.416 e. The van der Waals surface area contributed by atoms with Gasteiger partial charge in [0.15, 0.2) is 5.79 Å². The van der Waals surface area contributed by atoms with Crippen LogP contribution in [0, 0.1) is 0 Å². The van der Waals surface area contributed by atoms with Crippen LogP contribution < -0.4 is 4.74 Å². The number of hydrogen-bond acceptors (Lipinski definition) is 3. The summed E-state index contributed by atoms with van der Waals surface area (Å²) in [5.41, 5.74) is -0.685. The topological polar surface area (TPSA) is 27.7 Å². The Hall–Kier alpha value is -1.27. The zero-order chi connectivity index (χ0) is 14.9. The molecule has 2 fully saturated rings. The lowest BCUT2D eigenvalue weighted by Crippen LogP contribution is -2.38. The largest absolute Gasteiger partial charge is 0.490 e. The summed E-state index contributed by atoms with van der Waals surface area (Å²) in [5.74, 6) is -0.216. The Morgan fingerprint density at radius 2 is 1.76 bits per heavy atom. The molecule has 1 saturated heterocycles. The van der Waals surface area contributed by atoms with Gasteiger partial charge in [-0.25, -0.2) is 0 Å². The summed E-state index contributed by atoms with van der Waals surface area (Å²) in [6.45, 7) is 1.22. The normalized spacial score (nSPS) is 22.6. The molecule has 1 aliphatic heterocycles. The van der Waals surface area contributed by atoms with Gasteiger partial charge < -0.3 is 14.2 Å². The summed E-state index contributed by atoms with van der Waals surface area (Å²) in [6.07, 6.45) is -1.56. The van der Waals surface area contributed by atoms with Crippen molar-refractivity contribution in [3.8, 4) is 5.75 Å². The molecule has 0 amide bonds. The summed E-state index contributed by atoms with van der Waals surface area (Å²) in [7, 11) is 0. The molecule has 1 aromatic rings. The van der Waals surface area contributed by atoms with E-state index in [0.717, 1.165) is 37.8 Å². The number of alkyl halides is 3. The molecule has 116 valence electrons. The first kappa shape index (κ1) is 14.7. The Labute approximate surface area is 121 Å². The molecule has 3 rings (SSSR count). The van der Waals surface area contributed by atoms with Crippen LogP contribution in [0.1, 0.15) is 31.2 Å². The maximum absolute atomic E-state index is 12.7. The highest BCUT2D eigenvalue weighted by Gasteiger charge is 2.41. The van der Waals surface area contributed by atoms with Crippen LogP contribution in [-0.4, -0.2) is 25.1 Å². The first-order chi connectivity index (χ1) is 9.97. The van der Waals surface area contributed by atoms with Crippen molar-refractivity contribution < 1.29 is 27.4 Å². The van der Waals surface area contributed by atoms with Crippen LogP contribution in [0.3, 0.4) is 0 Å². The first-order valence-corrected chi connectivity index (χ1v) is 7.09. The van der Waals surface area contributed by atoms with Gasteiger partial charge in [-0.1, -0.05) is 6.07 Å². The Morgan fingerprint density at radius 1 is 1.10 bits per heavy atom. The van der Waals surface area contributed by atoms with Crippen molar-refractivity contribution in [2.75, 3.05) is 13.2 Å². The average Bonchev–Trinajstić information content (AvgIpc) is 2.90. The molecule has 21 heavy (non-hydrogen) atoms. The lowest BCUT2D eigenvalue weighted by Gasteiger charge is -2.35. The van der Waals surface area contributed by atoms with Gasteiger partial charge in [0.05, 0.1) is 24.9 Å². The van der Waals surface area contributed by atoms with Gasteiger partial charge in [0.1, 0.15) is 5.75 Å². The summed E-state index contributed by atoms with van der Waals surface area (Å²) < 4.78 is 54.9. The summed E-state index contributed by atoms with van der Waals surface area (Å²) in [4.78, 5) is 0. The molecule has 0 atom stereocenters. The maximum atomic E-state index is 12.7. The average molecular weight is 302 g/mol. The van der Waals surface area contributed by atoms with Gasteiger partial charge >= 0.3 is 6.18 Å². The van der Waals surface area contributed by atoms with Gasteiger partial charge in [-0.2, -0.15) is 13.2 Å². The predicted octanol–water partition coefficient (Wildman–Crippen LogP) is 3.77. The highest BCUT2D eigenvalue weighted by Crippen LogP contribution is 2.37. The van der Waals surface area contributed by atoms with Crippen LogP contribution in [0.5, 0.6) is 5.75 Å². The van der Waals surface area contributed by atoms with E-state index in [4.69, 9.17) is 14.2 Å². The highest BCUT2D eigenvalue weighted by molar-refractivity contribution is 5.30. The molecule has 0 radical (unpaired) electrons. The number of rotatable bonds is 2. The van der Waals surface area contributed by atoms with Crippen molar-refractivity contribution in [3.05, 3.63) is 29.8 Å². The van der Waals surface area contributed by atoms with Crippen molar-refractivity contribution >= 4 is 0 Å². The van der Waals surface area contributed by atoms with Crippen LogP contribution in [-0.2, 0) is 15.7 Å². The molecule has 0 N–H and O–H groups in total. The molecule has 1 saturated carbocycles. The van der Waals surface area contributed by atoms with Gasteiger partial charge in [0.2, 0.25) is 0 Å². The van der Waals surface area contributed by atoms with Crippen LogP contribution in [0.25, 0.3) is 0 Å². The minimum atomic E-state index is -4.35. The van der Waals surface area contributed by atoms with Crippen LogP contribution in [0.15, 0.2) is 24.3 Å². The highest BCUT2D eigenvalue weighted by atomic mass is 19.4. The summed E-state index contributed by atoms with van der Waals surface area (Å²) >= 11 is 0. The van der Waals surface area contributed by atoms with E-state index in [9.17, 15) is 13.2 Å². The minimum Gasteiger partial charge on any atom is -0.490 e. The molecular formula is C15H17F3O3. The number of hydrogen-bond donors (Lipinski definition) is 0. The fourth-order valence-electron chi connectivity index (χ4n) is 2.87. The van der Waals surface area contributed by atoms with E-state index >= 15 is 0 Å². The number of benzene rings is 1. The van der Waals surface area contributed by atoms with Crippen LogP contribution in [0.4, 0.5) is 13.2 Å². The third-order valence-electron chi connectivity index (χ3n) is 3.97. The molecule has 1 aliphatic carbocycles. The van der Waals surface area contributed by atoms with Gasteiger partial charge in [-0.15, -0.1) is 0 Å². The summed E-state index contributed by atoms with van der Waals surface area (Å²) in [6, 6.07) is 5.02. The third kappa shape index (κ3) is 3.32. The fraction of sp³-hybridized carbons (Fsp3) is 0.600. The van der Waals surface area contributed by atoms with Crippen molar-refractivity contribution in [3.63, 3.8) is 0 Å². The van der Waals surface area contributed by atoms with Gasteiger partial charge in [-0.3, -0.25) is 0 Å². The van der Waals surface area contributed by atoms with E-state index in [2.05, 4.69) is 0 Å². The van der Waals surface area contributed by atoms with E-state index < -0.39 is 17.5 Å². The second-order valence-electron chi connectivity index (χ2n) is 5.45. The molecule has 0 aromatic heterocycles. The lowest BCUT2D eigenvalue weighted by molar-refractivity contribution is -0.186. The van der Waals surface area contributed by atoms with Crippen molar-refractivity contribution in [1.29, 1.82) is 0 Å². The van der Waals surface area contributed by atoms with Crippen molar-refractivity contribution in [1.82, 2.24) is 0 Å². The van der Waals surface area contributed by atoms with Crippen LogP contribution >= 0.6 is 0 Å². The molecule has 3 nitrogen and oxygen atoms in total. The molecule has 6 heteroatoms. The van der Waals surface area contributed by atoms with Gasteiger partial charge in [0.25, 0.3) is 0 Å². The van der Waals surface area contributed by atoms with Crippen molar-refractivity contribution in [2.24, 2.45) is 0 Å². The molecule has 0 unspecified atom stereocenters. The SMILES string of the molecule is FC(F)(F)c1cccc(OC2CCC3(CC2)OCCO3)c1. The summed E-state index contributed by atoms with van der Waals surface area (Å²) in [5, 5.41) is 0. The van der Waals surface area contributed by atoms with E-state index in [1.165, 1.54) is 6.07 Å². The molecule has 1 aromatic carbocycles. The zero-order valence-corrected chi connectivity index (χ0v) is 11.5. The Morgan fingerprint density at radius 3 is 2.38 bits per heavy atom. The molecule has 0 bridgehead atoms. The monoisotopic (exact) mass is 302 g/mol. The molecular weight excluding hydrogens is 285 g/mol. The van der Waals surface area contributed by atoms with E-state index in [1.54, 1.807) is 6.07 Å². The Balaban J connectivity index is 1.60. The fourth-order valence-corrected chi connectivity index (χ4v) is 2.87. The zero-order valence-electron chi connectivity index (χ0n) is 11.5. The predicted molar refractivity (Wildman–Crippen MR) is 69.0 cm³/mol. The van der Waals surface area contributed by atoms with E-state index in [0.29, 0.717) is 13.2 Å². The van der Waals surface area contributed by atoms with E-state index in [1.807, 2.05) is 0 Å². The van der Waals surface area contributed by atoms with Crippen molar-refractivity contribution in [2.45, 2.75) is 43.8 Å². The Kier molecular flexibility index (Phi) is 3.84. The molecule has 1 spiro atoms. The van der Waals surface area contributed by atoms with Gasteiger partial charge in [-0.05, 0) is 31.0 Å². The van der Waals surface area contributed by atoms with Crippen LogP contribution in [0.2, 0.25) is 0 Å². The number of ether oxygens (including phenoxy) is 3. The third-order valence-corrected chi connectivity index (χ3v) is 3.97.